The van der Waals surface area contributed by atoms with Gasteiger partial charge in [0.15, 0.2) is 5.82 Å². The Morgan fingerprint density at radius 3 is 2.70 bits per heavy atom. The maximum atomic E-state index is 12.6. The van der Waals surface area contributed by atoms with E-state index in [1.54, 1.807) is 19.4 Å². The number of hydrogen-bond acceptors (Lipinski definition) is 7. The molecule has 1 amide bonds. The van der Waals surface area contributed by atoms with Crippen LogP contribution in [0.1, 0.15) is 34.7 Å². The zero-order valence-corrected chi connectivity index (χ0v) is 19.1. The van der Waals surface area contributed by atoms with Crippen molar-refractivity contribution in [2.45, 2.75) is 18.8 Å². The average molecular weight is 445 g/mol. The number of likely N-dealkylation sites (tertiary alicyclic amines) is 1. The SMILES string of the molecule is COc1cc(C2CCN(C)CC2)ccc1Nc1ncc2c(n1)N(C)c1ccccc1C(=O)N2. The number of nitrogens with zero attached hydrogens (tertiary/aromatic N) is 4. The number of amides is 1. The molecule has 0 saturated carbocycles. The van der Waals surface area contributed by atoms with Crippen molar-refractivity contribution in [1.82, 2.24) is 14.9 Å². The lowest BCUT2D eigenvalue weighted by Crippen LogP contribution is -2.29. The largest absolute Gasteiger partial charge is 0.495 e. The van der Waals surface area contributed by atoms with Gasteiger partial charge in [-0.25, -0.2) is 4.98 Å². The molecule has 0 atom stereocenters. The Morgan fingerprint density at radius 1 is 1.12 bits per heavy atom. The first kappa shape index (κ1) is 21.2. The van der Waals surface area contributed by atoms with E-state index in [0.29, 0.717) is 28.9 Å². The first-order valence-corrected chi connectivity index (χ1v) is 11.2. The number of nitrogens with one attached hydrogen (secondary N) is 2. The second kappa shape index (κ2) is 8.71. The van der Waals surface area contributed by atoms with E-state index in [4.69, 9.17) is 9.72 Å². The number of methoxy groups -OCH3 is 1. The minimum Gasteiger partial charge on any atom is -0.495 e. The monoisotopic (exact) mass is 444 g/mol. The Balaban J connectivity index is 1.42. The highest BCUT2D eigenvalue weighted by Gasteiger charge is 2.25. The summed E-state index contributed by atoms with van der Waals surface area (Å²) in [5.74, 6) is 2.18. The number of hydrogen-bond donors (Lipinski definition) is 2. The number of aromatic nitrogens is 2. The summed E-state index contributed by atoms with van der Waals surface area (Å²) in [7, 11) is 5.74. The molecule has 0 radical (unpaired) electrons. The topological polar surface area (TPSA) is 82.6 Å². The third kappa shape index (κ3) is 4.09. The first-order valence-electron chi connectivity index (χ1n) is 11.2. The molecule has 8 heteroatoms. The number of ether oxygens (including phenoxy) is 1. The number of piperidine rings is 1. The standard InChI is InChI=1S/C25H28N6O2/c1-30-12-10-16(11-13-30)17-8-9-19(22(14-17)33-3)28-25-26-15-20-23(29-25)31(2)21-7-5-4-6-18(21)24(32)27-20/h4-9,14-16H,10-13H2,1-3H3,(H,27,32)(H,26,28,29). The van der Waals surface area contributed by atoms with Gasteiger partial charge in [-0.05, 0) is 68.7 Å². The van der Waals surface area contributed by atoms with E-state index in [0.717, 1.165) is 43.1 Å². The number of carbonyl (C=O) groups excluding carboxylic acids is 1. The highest BCUT2D eigenvalue weighted by Crippen LogP contribution is 2.37. The van der Waals surface area contributed by atoms with Crippen LogP contribution in [0.15, 0.2) is 48.7 Å². The van der Waals surface area contributed by atoms with Gasteiger partial charge in [0, 0.05) is 7.05 Å². The summed E-state index contributed by atoms with van der Waals surface area (Å²) < 4.78 is 5.69. The van der Waals surface area contributed by atoms with Crippen LogP contribution in [0.5, 0.6) is 5.75 Å². The molecule has 0 spiro atoms. The van der Waals surface area contributed by atoms with E-state index in [9.17, 15) is 4.79 Å². The normalized spacial score (nSPS) is 16.5. The summed E-state index contributed by atoms with van der Waals surface area (Å²) in [6.45, 7) is 2.23. The van der Waals surface area contributed by atoms with Gasteiger partial charge in [-0.1, -0.05) is 18.2 Å². The summed E-state index contributed by atoms with van der Waals surface area (Å²) >= 11 is 0. The first-order chi connectivity index (χ1) is 16.0. The van der Waals surface area contributed by atoms with Crippen molar-refractivity contribution in [3.63, 3.8) is 0 Å². The molecule has 0 bridgehead atoms. The van der Waals surface area contributed by atoms with Crippen molar-refractivity contribution in [1.29, 1.82) is 0 Å². The zero-order valence-electron chi connectivity index (χ0n) is 19.1. The summed E-state index contributed by atoms with van der Waals surface area (Å²) in [6.07, 6.45) is 3.93. The van der Waals surface area contributed by atoms with Crippen LogP contribution in [0, 0.1) is 0 Å². The van der Waals surface area contributed by atoms with Gasteiger partial charge in [-0.15, -0.1) is 0 Å². The molecule has 33 heavy (non-hydrogen) atoms. The Labute approximate surface area is 193 Å². The second-order valence-corrected chi connectivity index (χ2v) is 8.62. The van der Waals surface area contributed by atoms with Gasteiger partial charge >= 0.3 is 0 Å². The molecule has 2 aliphatic heterocycles. The van der Waals surface area contributed by atoms with Crippen LogP contribution in [0.3, 0.4) is 0 Å². The summed E-state index contributed by atoms with van der Waals surface area (Å²) in [4.78, 5) is 26.0. The number of para-hydroxylation sites is 1. The van der Waals surface area contributed by atoms with Crippen LogP contribution < -0.4 is 20.3 Å². The Hall–Kier alpha value is -3.65. The van der Waals surface area contributed by atoms with Crippen molar-refractivity contribution in [2.75, 3.05) is 49.8 Å². The van der Waals surface area contributed by atoms with Gasteiger partial charge in [-0.2, -0.15) is 4.98 Å². The number of fused-ring (bicyclic) bond motifs is 2. The summed E-state index contributed by atoms with van der Waals surface area (Å²) in [6, 6.07) is 13.8. The average Bonchev–Trinajstić information content (AvgIpc) is 2.95. The van der Waals surface area contributed by atoms with Crippen molar-refractivity contribution in [3.8, 4) is 5.75 Å². The van der Waals surface area contributed by atoms with Crippen LogP contribution in [0.4, 0.5) is 28.8 Å². The van der Waals surface area contributed by atoms with Gasteiger partial charge in [0.1, 0.15) is 11.4 Å². The van der Waals surface area contributed by atoms with Crippen LogP contribution in [0.25, 0.3) is 0 Å². The predicted octanol–water partition coefficient (Wildman–Crippen LogP) is 4.37. The highest BCUT2D eigenvalue weighted by molar-refractivity contribution is 6.11. The van der Waals surface area contributed by atoms with E-state index in [1.165, 1.54) is 5.56 Å². The van der Waals surface area contributed by atoms with Gasteiger partial charge in [-0.3, -0.25) is 4.79 Å². The van der Waals surface area contributed by atoms with E-state index >= 15 is 0 Å². The molecule has 2 aromatic carbocycles. The highest BCUT2D eigenvalue weighted by atomic mass is 16.5. The molecule has 1 aromatic heterocycles. The van der Waals surface area contributed by atoms with Crippen LogP contribution >= 0.6 is 0 Å². The fourth-order valence-electron chi connectivity index (χ4n) is 4.57. The zero-order chi connectivity index (χ0) is 22.9. The fraction of sp³-hybridized carbons (Fsp3) is 0.320. The lowest BCUT2D eigenvalue weighted by molar-refractivity contribution is 0.102. The lowest BCUT2D eigenvalue weighted by atomic mass is 9.89. The number of anilines is 5. The van der Waals surface area contributed by atoms with Crippen LogP contribution in [-0.2, 0) is 0 Å². The van der Waals surface area contributed by atoms with E-state index in [-0.39, 0.29) is 5.91 Å². The molecule has 3 aromatic rings. The smallest absolute Gasteiger partial charge is 0.257 e. The van der Waals surface area contributed by atoms with Gasteiger partial charge in [0.05, 0.1) is 30.2 Å². The third-order valence-electron chi connectivity index (χ3n) is 6.51. The number of benzene rings is 2. The minimum atomic E-state index is -0.174. The van der Waals surface area contributed by atoms with Crippen molar-refractivity contribution in [2.24, 2.45) is 0 Å². The molecule has 0 unspecified atom stereocenters. The molecular formula is C25H28N6O2. The van der Waals surface area contributed by atoms with E-state index < -0.39 is 0 Å². The van der Waals surface area contributed by atoms with Gasteiger partial charge < -0.3 is 25.2 Å². The van der Waals surface area contributed by atoms with E-state index in [2.05, 4.69) is 39.7 Å². The summed E-state index contributed by atoms with van der Waals surface area (Å²) in [5, 5.41) is 6.20. The van der Waals surface area contributed by atoms with Crippen LogP contribution in [0.2, 0.25) is 0 Å². The number of carbonyl (C=O) groups is 1. The molecule has 8 nitrogen and oxygen atoms in total. The second-order valence-electron chi connectivity index (χ2n) is 8.62. The van der Waals surface area contributed by atoms with Gasteiger partial charge in [0.25, 0.3) is 5.91 Å². The Morgan fingerprint density at radius 2 is 1.91 bits per heavy atom. The molecular weight excluding hydrogens is 416 g/mol. The Bertz CT molecular complexity index is 1190. The predicted molar refractivity (Wildman–Crippen MR) is 130 cm³/mol. The quantitative estimate of drug-likeness (QED) is 0.618. The van der Waals surface area contributed by atoms with Gasteiger partial charge in [0.2, 0.25) is 5.95 Å². The van der Waals surface area contributed by atoms with Crippen molar-refractivity contribution in [3.05, 3.63) is 59.8 Å². The summed E-state index contributed by atoms with van der Waals surface area (Å²) in [5.41, 5.74) is 4.05. The van der Waals surface area contributed by atoms with E-state index in [1.807, 2.05) is 36.2 Å². The van der Waals surface area contributed by atoms with Crippen molar-refractivity contribution >= 4 is 34.7 Å². The molecule has 2 N–H and O–H groups in total. The molecule has 3 heterocycles. The molecule has 5 rings (SSSR count). The fourth-order valence-corrected chi connectivity index (χ4v) is 4.57. The third-order valence-corrected chi connectivity index (χ3v) is 6.51. The van der Waals surface area contributed by atoms with Crippen LogP contribution in [-0.4, -0.2) is 55.1 Å². The number of rotatable bonds is 4. The van der Waals surface area contributed by atoms with Crippen molar-refractivity contribution < 1.29 is 9.53 Å². The molecule has 2 aliphatic rings. The minimum absolute atomic E-state index is 0.174. The molecule has 1 saturated heterocycles. The lowest BCUT2D eigenvalue weighted by Gasteiger charge is -2.29. The maximum Gasteiger partial charge on any atom is 0.257 e. The molecule has 170 valence electrons. The maximum absolute atomic E-state index is 12.6. The Kier molecular flexibility index (Phi) is 5.60. The molecule has 1 fully saturated rings. The molecule has 0 aliphatic carbocycles.